The Balaban J connectivity index is 3.98. The SMILES string of the molecule is CC/C=C\C/C=C\C/C=C\CCCCCCCCCC(=O)OC(CO)COP(=O)(O)OCC(CO)OC(=O)CCCCCCC/C=C\C/C=C\C/C=C\CC. The van der Waals surface area contributed by atoms with E-state index in [1.165, 1.54) is 12.8 Å². The van der Waals surface area contributed by atoms with E-state index in [0.29, 0.717) is 12.8 Å². The Morgan fingerprint density at radius 2 is 0.800 bits per heavy atom. The summed E-state index contributed by atoms with van der Waals surface area (Å²) in [5.74, 6) is -1.05. The van der Waals surface area contributed by atoms with Crippen molar-refractivity contribution in [3.05, 3.63) is 72.9 Å². The lowest BCUT2D eigenvalue weighted by molar-refractivity contribution is -0.153. The fraction of sp³-hybridized carbons (Fsp3) is 0.682. The van der Waals surface area contributed by atoms with E-state index >= 15 is 0 Å². The number of phosphoric acid groups is 1. The number of aliphatic hydroxyl groups excluding tert-OH is 2. The number of aliphatic hydroxyl groups is 2. The number of hydrogen-bond acceptors (Lipinski definition) is 9. The van der Waals surface area contributed by atoms with E-state index in [-0.39, 0.29) is 12.8 Å². The minimum atomic E-state index is -4.65. The topological polar surface area (TPSA) is 149 Å². The molecule has 0 aliphatic heterocycles. The van der Waals surface area contributed by atoms with Crippen LogP contribution in [-0.2, 0) is 32.7 Å². The fourth-order valence-electron chi connectivity index (χ4n) is 5.26. The first kappa shape index (κ1) is 52.4. The molecule has 0 aliphatic rings. The van der Waals surface area contributed by atoms with Gasteiger partial charge in [-0.2, -0.15) is 0 Å². The molecule has 0 amide bonds. The number of unbranched alkanes of at least 4 members (excludes halogenated alkanes) is 12. The van der Waals surface area contributed by atoms with Gasteiger partial charge >= 0.3 is 19.8 Å². The van der Waals surface area contributed by atoms with Gasteiger partial charge < -0.3 is 24.6 Å². The third-order valence-electron chi connectivity index (χ3n) is 8.41. The van der Waals surface area contributed by atoms with Gasteiger partial charge in [0.1, 0.15) is 12.2 Å². The number of carbonyl (C=O) groups excluding carboxylic acids is 2. The van der Waals surface area contributed by atoms with Crippen molar-refractivity contribution in [1.29, 1.82) is 0 Å². The molecule has 0 saturated heterocycles. The summed E-state index contributed by atoms with van der Waals surface area (Å²) >= 11 is 0. The van der Waals surface area contributed by atoms with Crippen LogP contribution in [0.1, 0.15) is 155 Å². The van der Waals surface area contributed by atoms with Gasteiger partial charge in [0.25, 0.3) is 0 Å². The van der Waals surface area contributed by atoms with Gasteiger partial charge in [-0.05, 0) is 77.0 Å². The molecule has 0 rings (SSSR count). The monoisotopic (exact) mass is 795 g/mol. The summed E-state index contributed by atoms with van der Waals surface area (Å²) in [7, 11) is -4.65. The van der Waals surface area contributed by atoms with Gasteiger partial charge in [-0.25, -0.2) is 4.57 Å². The Kier molecular flexibility index (Phi) is 37.8. The Morgan fingerprint density at radius 3 is 1.15 bits per heavy atom. The molecule has 0 saturated carbocycles. The summed E-state index contributed by atoms with van der Waals surface area (Å²) in [4.78, 5) is 34.5. The molecule has 0 spiro atoms. The predicted octanol–water partition coefficient (Wildman–Crippen LogP) is 10.9. The maximum absolute atomic E-state index is 12.4. The summed E-state index contributed by atoms with van der Waals surface area (Å²) in [5, 5.41) is 19.1. The van der Waals surface area contributed by atoms with Crippen LogP contribution in [0.15, 0.2) is 72.9 Å². The second kappa shape index (κ2) is 39.6. The van der Waals surface area contributed by atoms with Gasteiger partial charge in [-0.15, -0.1) is 0 Å². The summed E-state index contributed by atoms with van der Waals surface area (Å²) in [6.07, 6.45) is 44.4. The molecule has 316 valence electrons. The maximum atomic E-state index is 12.4. The van der Waals surface area contributed by atoms with Crippen LogP contribution in [0, 0.1) is 0 Å². The van der Waals surface area contributed by atoms with Crippen molar-refractivity contribution >= 4 is 19.8 Å². The average molecular weight is 795 g/mol. The van der Waals surface area contributed by atoms with E-state index in [4.69, 9.17) is 18.5 Å². The molecule has 3 unspecified atom stereocenters. The largest absolute Gasteiger partial charge is 0.472 e. The van der Waals surface area contributed by atoms with Crippen LogP contribution in [0.5, 0.6) is 0 Å². The molecule has 0 fully saturated rings. The second-order valence-electron chi connectivity index (χ2n) is 13.6. The van der Waals surface area contributed by atoms with Crippen molar-refractivity contribution in [2.24, 2.45) is 0 Å². The van der Waals surface area contributed by atoms with Gasteiger partial charge in [-0.1, -0.05) is 138 Å². The number of phosphoric ester groups is 1. The van der Waals surface area contributed by atoms with Crippen molar-refractivity contribution in [3.63, 3.8) is 0 Å². The number of carbonyl (C=O) groups is 2. The van der Waals surface area contributed by atoms with Gasteiger partial charge in [-0.3, -0.25) is 18.6 Å². The van der Waals surface area contributed by atoms with E-state index in [2.05, 4.69) is 86.8 Å². The van der Waals surface area contributed by atoms with Crippen LogP contribution < -0.4 is 0 Å². The standard InChI is InChI=1S/C44H75O10P/c1-3-5-7-9-11-13-15-17-19-20-22-24-26-28-30-32-34-36-44(48)54-42(38-46)40-52-55(49,50)51-39-41(37-45)53-43(47)35-33-31-29-27-25-23-21-18-16-14-12-10-8-6-4-2/h5-8,11-14,17-19,21,41-42,45-46H,3-4,9-10,15-16,20,22-40H2,1-2H3,(H,49,50)/b7-5-,8-6-,13-11-,14-12-,19-17-,21-18-. The number of allylic oxidation sites excluding steroid dienone is 12. The van der Waals surface area contributed by atoms with Crippen molar-refractivity contribution in [2.75, 3.05) is 26.4 Å². The van der Waals surface area contributed by atoms with Crippen LogP contribution >= 0.6 is 7.82 Å². The summed E-state index contributed by atoms with van der Waals surface area (Å²) < 4.78 is 32.5. The molecule has 0 aromatic rings. The lowest BCUT2D eigenvalue weighted by Crippen LogP contribution is -2.28. The molecular weight excluding hydrogens is 719 g/mol. The molecule has 3 atom stereocenters. The summed E-state index contributed by atoms with van der Waals surface area (Å²) in [6, 6.07) is 0. The third kappa shape index (κ3) is 38.1. The predicted molar refractivity (Wildman–Crippen MR) is 223 cm³/mol. The first-order valence-corrected chi connectivity index (χ1v) is 22.4. The van der Waals surface area contributed by atoms with Gasteiger partial charge in [0.2, 0.25) is 0 Å². The van der Waals surface area contributed by atoms with Gasteiger partial charge in [0, 0.05) is 12.8 Å². The third-order valence-corrected chi connectivity index (χ3v) is 9.36. The number of esters is 2. The zero-order valence-corrected chi connectivity index (χ0v) is 35.0. The molecule has 0 heterocycles. The Bertz CT molecular complexity index is 1140. The molecule has 55 heavy (non-hydrogen) atoms. The number of rotatable bonds is 38. The maximum Gasteiger partial charge on any atom is 0.472 e. The van der Waals surface area contributed by atoms with Crippen molar-refractivity contribution in [2.45, 2.75) is 167 Å². The molecule has 0 aromatic heterocycles. The number of ether oxygens (including phenoxy) is 2. The normalized spacial score (nSPS) is 14.6. The van der Waals surface area contributed by atoms with E-state index in [9.17, 15) is 29.3 Å². The smallest absolute Gasteiger partial charge is 0.457 e. The van der Waals surface area contributed by atoms with Crippen LogP contribution in [0.25, 0.3) is 0 Å². The quantitative estimate of drug-likeness (QED) is 0.0239. The van der Waals surface area contributed by atoms with Gasteiger partial charge in [0.05, 0.1) is 26.4 Å². The highest BCUT2D eigenvalue weighted by molar-refractivity contribution is 7.47. The minimum absolute atomic E-state index is 0.168. The first-order chi connectivity index (χ1) is 26.8. The Labute approximate surface area is 333 Å². The van der Waals surface area contributed by atoms with E-state index in [0.717, 1.165) is 103 Å². The van der Waals surface area contributed by atoms with Crippen LogP contribution in [0.3, 0.4) is 0 Å². The van der Waals surface area contributed by atoms with E-state index < -0.39 is 58.4 Å². The highest BCUT2D eigenvalue weighted by atomic mass is 31.2. The zero-order valence-electron chi connectivity index (χ0n) is 34.1. The summed E-state index contributed by atoms with van der Waals surface area (Å²) in [6.45, 7) is 1.93. The van der Waals surface area contributed by atoms with Crippen LogP contribution in [0.2, 0.25) is 0 Å². The van der Waals surface area contributed by atoms with Crippen LogP contribution in [0.4, 0.5) is 0 Å². The highest BCUT2D eigenvalue weighted by Crippen LogP contribution is 2.43. The molecule has 10 nitrogen and oxygen atoms in total. The van der Waals surface area contributed by atoms with Crippen molar-refractivity contribution in [1.82, 2.24) is 0 Å². The number of hydrogen-bond donors (Lipinski definition) is 3. The molecular formula is C44H75O10P. The lowest BCUT2D eigenvalue weighted by atomic mass is 10.1. The first-order valence-electron chi connectivity index (χ1n) is 20.9. The Morgan fingerprint density at radius 1 is 0.491 bits per heavy atom. The van der Waals surface area contributed by atoms with Crippen LogP contribution in [-0.4, -0.2) is 65.7 Å². The molecule has 11 heteroatoms. The van der Waals surface area contributed by atoms with E-state index in [1.54, 1.807) is 0 Å². The van der Waals surface area contributed by atoms with E-state index in [1.807, 2.05) is 0 Å². The molecule has 0 aromatic carbocycles. The average Bonchev–Trinajstić information content (AvgIpc) is 3.17. The molecule has 0 aliphatic carbocycles. The van der Waals surface area contributed by atoms with Crippen molar-refractivity contribution in [3.8, 4) is 0 Å². The summed E-state index contributed by atoms with van der Waals surface area (Å²) in [5.41, 5.74) is 0. The Hall–Kier alpha value is -2.59. The lowest BCUT2D eigenvalue weighted by Gasteiger charge is -2.20. The van der Waals surface area contributed by atoms with Gasteiger partial charge in [0.15, 0.2) is 0 Å². The minimum Gasteiger partial charge on any atom is -0.457 e. The van der Waals surface area contributed by atoms with Crippen molar-refractivity contribution < 1.29 is 47.8 Å². The molecule has 0 bridgehead atoms. The zero-order chi connectivity index (χ0) is 40.5. The molecule has 3 N–H and O–H groups in total. The second-order valence-corrected chi connectivity index (χ2v) is 15.0. The highest BCUT2D eigenvalue weighted by Gasteiger charge is 2.27. The molecule has 0 radical (unpaired) electrons. The fourth-order valence-corrected chi connectivity index (χ4v) is 6.04.